The molecule has 1 N–H and O–H groups in total. The minimum atomic E-state index is -3.56. The molecule has 0 saturated carbocycles. The highest BCUT2D eigenvalue weighted by molar-refractivity contribution is 7.87. The highest BCUT2D eigenvalue weighted by Gasteiger charge is 2.18. The summed E-state index contributed by atoms with van der Waals surface area (Å²) in [4.78, 5) is 7.05. The molecule has 0 aliphatic rings. The topological polar surface area (TPSA) is 58.6 Å². The Bertz CT molecular complexity index is 401. The monoisotopic (exact) mass is 244 g/mol. The second-order valence-corrected chi connectivity index (χ2v) is 4.72. The normalized spacial score (nSPS) is 11.7. The molecule has 0 aromatic heterocycles. The largest absolute Gasteiger partial charge is 0.393 e. The zero-order valence-electron chi connectivity index (χ0n) is 9.38. The van der Waals surface area contributed by atoms with E-state index in [0.717, 1.165) is 0 Å². The van der Waals surface area contributed by atoms with Crippen LogP contribution in [0.3, 0.4) is 0 Å². The molecule has 0 spiro atoms. The molecule has 1 aromatic rings. The molecule has 5 nitrogen and oxygen atoms in total. The van der Waals surface area contributed by atoms with Gasteiger partial charge in [-0.1, -0.05) is 32.0 Å². The van der Waals surface area contributed by atoms with E-state index >= 15 is 0 Å². The summed E-state index contributed by atoms with van der Waals surface area (Å²) in [6, 6.07) is 8.70. The third kappa shape index (κ3) is 3.48. The van der Waals surface area contributed by atoms with Crippen molar-refractivity contribution in [2.24, 2.45) is 0 Å². The first-order valence-corrected chi connectivity index (χ1v) is 6.53. The standard InChI is InChI=1S/C10H16N2O3S/c1-3-12(4-2)16(13,14)11-15-10-8-6-5-7-9-10/h5-9,11H,3-4H2,1-2H3. The van der Waals surface area contributed by atoms with Crippen LogP contribution in [0.15, 0.2) is 30.3 Å². The highest BCUT2D eigenvalue weighted by Crippen LogP contribution is 2.07. The lowest BCUT2D eigenvalue weighted by Crippen LogP contribution is -2.41. The molecular weight excluding hydrogens is 228 g/mol. The predicted octanol–water partition coefficient (Wildman–Crippen LogP) is 1.16. The van der Waals surface area contributed by atoms with Crippen LogP contribution in [0, 0.1) is 0 Å². The first-order chi connectivity index (χ1) is 7.60. The molecule has 0 amide bonds. The van der Waals surface area contributed by atoms with Gasteiger partial charge in [-0.15, -0.1) is 0 Å². The fourth-order valence-electron chi connectivity index (χ4n) is 1.21. The molecule has 16 heavy (non-hydrogen) atoms. The number of para-hydroxylation sites is 1. The van der Waals surface area contributed by atoms with Crippen LogP contribution in [-0.4, -0.2) is 25.8 Å². The third-order valence-corrected chi connectivity index (χ3v) is 3.54. The van der Waals surface area contributed by atoms with Crippen molar-refractivity contribution >= 4 is 10.2 Å². The van der Waals surface area contributed by atoms with Gasteiger partial charge in [-0.25, -0.2) is 0 Å². The molecule has 0 bridgehead atoms. The summed E-state index contributed by atoms with van der Waals surface area (Å²) in [6.45, 7) is 4.35. The fraction of sp³-hybridized carbons (Fsp3) is 0.400. The first-order valence-electron chi connectivity index (χ1n) is 5.09. The Morgan fingerprint density at radius 1 is 1.19 bits per heavy atom. The number of benzene rings is 1. The van der Waals surface area contributed by atoms with Gasteiger partial charge in [-0.3, -0.25) is 0 Å². The number of nitrogens with zero attached hydrogens (tertiary/aromatic N) is 1. The van der Waals surface area contributed by atoms with Crippen LogP contribution < -0.4 is 9.72 Å². The third-order valence-electron chi connectivity index (χ3n) is 2.05. The number of rotatable bonds is 6. The number of hydrogen-bond acceptors (Lipinski definition) is 3. The summed E-state index contributed by atoms with van der Waals surface area (Å²) in [7, 11) is -3.56. The number of nitrogens with one attached hydrogen (secondary N) is 1. The van der Waals surface area contributed by atoms with Crippen molar-refractivity contribution < 1.29 is 13.3 Å². The second-order valence-electron chi connectivity index (χ2n) is 3.09. The van der Waals surface area contributed by atoms with Gasteiger partial charge in [-0.2, -0.15) is 12.7 Å². The van der Waals surface area contributed by atoms with E-state index in [1.165, 1.54) is 4.31 Å². The summed E-state index contributed by atoms with van der Waals surface area (Å²) >= 11 is 0. The van der Waals surface area contributed by atoms with Crippen LogP contribution in [-0.2, 0) is 10.2 Å². The Hall–Kier alpha value is -1.11. The van der Waals surface area contributed by atoms with Crippen molar-refractivity contribution in [1.82, 2.24) is 9.19 Å². The van der Waals surface area contributed by atoms with Crippen LogP contribution in [0.2, 0.25) is 0 Å². The Balaban J connectivity index is 2.61. The van der Waals surface area contributed by atoms with E-state index in [2.05, 4.69) is 4.89 Å². The van der Waals surface area contributed by atoms with Gasteiger partial charge in [0.25, 0.3) is 0 Å². The molecule has 1 aromatic carbocycles. The molecule has 0 aliphatic heterocycles. The zero-order chi connectivity index (χ0) is 12.0. The van der Waals surface area contributed by atoms with Crippen molar-refractivity contribution in [3.05, 3.63) is 30.3 Å². The molecule has 90 valence electrons. The average Bonchev–Trinajstić information content (AvgIpc) is 2.29. The molecule has 0 fully saturated rings. The Morgan fingerprint density at radius 2 is 1.75 bits per heavy atom. The van der Waals surface area contributed by atoms with Crippen molar-refractivity contribution in [2.45, 2.75) is 13.8 Å². The van der Waals surface area contributed by atoms with E-state index in [4.69, 9.17) is 4.84 Å². The van der Waals surface area contributed by atoms with E-state index in [0.29, 0.717) is 18.8 Å². The lowest BCUT2D eigenvalue weighted by molar-refractivity contribution is 0.254. The highest BCUT2D eigenvalue weighted by atomic mass is 32.2. The van der Waals surface area contributed by atoms with Crippen molar-refractivity contribution in [3.63, 3.8) is 0 Å². The van der Waals surface area contributed by atoms with Crippen molar-refractivity contribution in [1.29, 1.82) is 0 Å². The van der Waals surface area contributed by atoms with E-state index in [1.54, 1.807) is 38.1 Å². The summed E-state index contributed by atoms with van der Waals surface area (Å²) < 4.78 is 24.6. The summed E-state index contributed by atoms with van der Waals surface area (Å²) in [5.74, 6) is 0.457. The summed E-state index contributed by atoms with van der Waals surface area (Å²) in [5.41, 5.74) is 0. The van der Waals surface area contributed by atoms with E-state index in [1.807, 2.05) is 6.07 Å². The Labute approximate surface area is 96.2 Å². The van der Waals surface area contributed by atoms with Crippen LogP contribution in [0.1, 0.15) is 13.8 Å². The smallest absolute Gasteiger partial charge is 0.310 e. The van der Waals surface area contributed by atoms with Crippen molar-refractivity contribution in [2.75, 3.05) is 13.1 Å². The van der Waals surface area contributed by atoms with Crippen LogP contribution in [0.4, 0.5) is 0 Å². The first kappa shape index (κ1) is 13.0. The second kappa shape index (κ2) is 5.83. The van der Waals surface area contributed by atoms with Gasteiger partial charge in [0.15, 0.2) is 0 Å². The SMILES string of the molecule is CCN(CC)S(=O)(=O)NOc1ccccc1. The van der Waals surface area contributed by atoms with E-state index in [-0.39, 0.29) is 0 Å². The fourth-order valence-corrected chi connectivity index (χ4v) is 2.19. The molecule has 1 rings (SSSR count). The summed E-state index contributed by atoms with van der Waals surface area (Å²) in [5, 5.41) is 0. The minimum absolute atomic E-state index is 0.407. The van der Waals surface area contributed by atoms with Crippen LogP contribution in [0.5, 0.6) is 5.75 Å². The molecule has 0 saturated heterocycles. The molecule has 0 heterocycles. The van der Waals surface area contributed by atoms with Gasteiger partial charge in [0.05, 0.1) is 0 Å². The van der Waals surface area contributed by atoms with Gasteiger partial charge < -0.3 is 4.84 Å². The molecule has 6 heteroatoms. The van der Waals surface area contributed by atoms with Crippen molar-refractivity contribution in [3.8, 4) is 5.75 Å². The molecule has 0 radical (unpaired) electrons. The van der Waals surface area contributed by atoms with Crippen LogP contribution in [0.25, 0.3) is 0 Å². The summed E-state index contributed by atoms with van der Waals surface area (Å²) in [6.07, 6.45) is 0. The lowest BCUT2D eigenvalue weighted by Gasteiger charge is -2.18. The van der Waals surface area contributed by atoms with E-state index in [9.17, 15) is 8.42 Å². The molecule has 0 atom stereocenters. The van der Waals surface area contributed by atoms with E-state index < -0.39 is 10.2 Å². The van der Waals surface area contributed by atoms with Gasteiger partial charge in [0.2, 0.25) is 0 Å². The quantitative estimate of drug-likeness (QED) is 0.764. The average molecular weight is 244 g/mol. The number of hydrogen-bond donors (Lipinski definition) is 1. The Kier molecular flexibility index (Phi) is 4.72. The van der Waals surface area contributed by atoms with Gasteiger partial charge in [0.1, 0.15) is 5.75 Å². The zero-order valence-corrected chi connectivity index (χ0v) is 10.2. The maximum absolute atomic E-state index is 11.7. The molecular formula is C10H16N2O3S. The molecule has 0 aliphatic carbocycles. The van der Waals surface area contributed by atoms with Gasteiger partial charge in [-0.05, 0) is 17.0 Å². The maximum Gasteiger partial charge on any atom is 0.310 e. The van der Waals surface area contributed by atoms with Crippen LogP contribution >= 0.6 is 0 Å². The minimum Gasteiger partial charge on any atom is -0.393 e. The lowest BCUT2D eigenvalue weighted by atomic mass is 10.3. The van der Waals surface area contributed by atoms with Gasteiger partial charge in [0, 0.05) is 13.1 Å². The molecule has 0 unspecified atom stereocenters. The van der Waals surface area contributed by atoms with Gasteiger partial charge >= 0.3 is 10.2 Å². The maximum atomic E-state index is 11.7. The Morgan fingerprint density at radius 3 is 2.25 bits per heavy atom. The predicted molar refractivity (Wildman–Crippen MR) is 62.0 cm³/mol.